The van der Waals surface area contributed by atoms with Crippen LogP contribution in [0.1, 0.15) is 83.7 Å². The van der Waals surface area contributed by atoms with Crippen molar-refractivity contribution in [2.45, 2.75) is 91.5 Å². The number of rotatable bonds is 1. The van der Waals surface area contributed by atoms with Crippen LogP contribution in [0.25, 0.3) is 11.0 Å². The molecule has 0 radical (unpaired) electrons. The maximum atomic E-state index is 13.3. The molecule has 0 spiro atoms. The van der Waals surface area contributed by atoms with Crippen LogP contribution in [-0.4, -0.2) is 43.7 Å². The number of aliphatic hydroxyl groups excluding tert-OH is 2. The SMILES string of the molecule is Cc1nc2cc([C@@H]3CC4CC4CCCC(C)[C@H](O)C(C)C(=O)C(C)(C)C(O)CC(=O)O3)ccc2n1C. The summed E-state index contributed by atoms with van der Waals surface area (Å²) in [6.45, 7) is 8.98. The zero-order chi connectivity index (χ0) is 26.4. The number of carbonyl (C=O) groups excluding carboxylic acids is 2. The standard InChI is InChI=1S/C29H42N2O5/c1-16-8-7-9-19-12-21(19)14-24(20-10-11-23-22(13-20)30-18(3)31(23)6)36-26(33)15-25(32)29(4,5)28(35)17(2)27(16)34/h10-11,13,16-17,19,21,24-25,27,32,34H,7-9,12,14-15H2,1-6H3/t16?,17?,19?,21?,24-,25?,27-/m0/s1. The number of esters is 1. The van der Waals surface area contributed by atoms with Crippen LogP contribution < -0.4 is 0 Å². The number of ether oxygens (including phenoxy) is 1. The van der Waals surface area contributed by atoms with Gasteiger partial charge < -0.3 is 19.5 Å². The third kappa shape index (κ3) is 5.37. The van der Waals surface area contributed by atoms with Gasteiger partial charge in [0.25, 0.3) is 0 Å². The first-order valence-corrected chi connectivity index (χ1v) is 13.4. The predicted octanol–water partition coefficient (Wildman–Crippen LogP) is 4.66. The molecule has 1 saturated heterocycles. The Morgan fingerprint density at radius 1 is 1.08 bits per heavy atom. The summed E-state index contributed by atoms with van der Waals surface area (Å²) in [5.41, 5.74) is 1.63. The van der Waals surface area contributed by atoms with Crippen LogP contribution in [-0.2, 0) is 21.4 Å². The van der Waals surface area contributed by atoms with Crippen LogP contribution in [0.4, 0.5) is 0 Å². The number of nitrogens with zero attached hydrogens (tertiary/aromatic N) is 2. The summed E-state index contributed by atoms with van der Waals surface area (Å²) in [6, 6.07) is 6.03. The molecule has 2 aromatic rings. The molecule has 2 N–H and O–H groups in total. The van der Waals surface area contributed by atoms with Gasteiger partial charge in [-0.05, 0) is 61.6 Å². The molecule has 2 aliphatic rings. The molecular formula is C29H42N2O5. The lowest BCUT2D eigenvalue weighted by Crippen LogP contribution is -2.45. The summed E-state index contributed by atoms with van der Waals surface area (Å²) in [7, 11) is 1.98. The van der Waals surface area contributed by atoms with Crippen LogP contribution in [0.15, 0.2) is 18.2 Å². The molecule has 1 aromatic carbocycles. The Balaban J connectivity index is 1.60. The molecule has 36 heavy (non-hydrogen) atoms. The number of aliphatic hydroxyl groups is 2. The maximum absolute atomic E-state index is 13.3. The van der Waals surface area contributed by atoms with Crippen LogP contribution in [0.3, 0.4) is 0 Å². The van der Waals surface area contributed by atoms with Gasteiger partial charge in [0.05, 0.1) is 35.1 Å². The number of Topliss-reactive ketones (excluding diaryl/α,β-unsaturated/α-hetero) is 1. The second-order valence-electron chi connectivity index (χ2n) is 11.9. The van der Waals surface area contributed by atoms with E-state index in [9.17, 15) is 19.8 Å². The van der Waals surface area contributed by atoms with Gasteiger partial charge in [-0.25, -0.2) is 4.98 Å². The molecule has 1 saturated carbocycles. The van der Waals surface area contributed by atoms with Gasteiger partial charge in [-0.3, -0.25) is 9.59 Å². The van der Waals surface area contributed by atoms with Crippen molar-refractivity contribution in [1.82, 2.24) is 9.55 Å². The number of hydrogen-bond acceptors (Lipinski definition) is 6. The van der Waals surface area contributed by atoms with Crippen molar-refractivity contribution >= 4 is 22.8 Å². The summed E-state index contributed by atoms with van der Waals surface area (Å²) < 4.78 is 8.03. The van der Waals surface area contributed by atoms with Crippen molar-refractivity contribution in [3.63, 3.8) is 0 Å². The van der Waals surface area contributed by atoms with E-state index in [1.54, 1.807) is 20.8 Å². The number of aryl methyl sites for hydroxylation is 2. The molecule has 7 nitrogen and oxygen atoms in total. The van der Waals surface area contributed by atoms with Gasteiger partial charge in [0.1, 0.15) is 17.7 Å². The van der Waals surface area contributed by atoms with Gasteiger partial charge in [0.2, 0.25) is 0 Å². The van der Waals surface area contributed by atoms with Crippen molar-refractivity contribution in [2.75, 3.05) is 0 Å². The average Bonchev–Trinajstić information content (AvgIpc) is 3.51. The fourth-order valence-electron chi connectivity index (χ4n) is 5.91. The Bertz CT molecular complexity index is 1120. The van der Waals surface area contributed by atoms with E-state index in [1.165, 1.54) is 0 Å². The van der Waals surface area contributed by atoms with Crippen molar-refractivity contribution in [2.24, 2.45) is 36.1 Å². The molecule has 1 aliphatic heterocycles. The third-order valence-corrected chi connectivity index (χ3v) is 8.93. The lowest BCUT2D eigenvalue weighted by molar-refractivity contribution is -0.156. The predicted molar refractivity (Wildman–Crippen MR) is 138 cm³/mol. The molecule has 4 rings (SSSR count). The molecule has 198 valence electrons. The number of cyclic esters (lactones) is 1. The van der Waals surface area contributed by atoms with E-state index in [1.807, 2.05) is 43.7 Å². The Hall–Kier alpha value is -2.25. The number of aromatic nitrogens is 2. The highest BCUT2D eigenvalue weighted by atomic mass is 16.5. The minimum Gasteiger partial charge on any atom is -0.457 e. The Morgan fingerprint density at radius 3 is 2.53 bits per heavy atom. The number of ketones is 1. The van der Waals surface area contributed by atoms with E-state index in [4.69, 9.17) is 4.74 Å². The highest BCUT2D eigenvalue weighted by Crippen LogP contribution is 2.49. The maximum Gasteiger partial charge on any atom is 0.309 e. The van der Waals surface area contributed by atoms with Crippen LogP contribution in [0.2, 0.25) is 0 Å². The zero-order valence-corrected chi connectivity index (χ0v) is 22.5. The van der Waals surface area contributed by atoms with Crippen LogP contribution >= 0.6 is 0 Å². The van der Waals surface area contributed by atoms with E-state index in [0.717, 1.165) is 54.5 Å². The molecule has 1 aromatic heterocycles. The molecule has 0 amide bonds. The number of hydrogen-bond donors (Lipinski definition) is 2. The largest absolute Gasteiger partial charge is 0.457 e. The molecule has 5 unspecified atom stereocenters. The Kier molecular flexibility index (Phi) is 7.63. The molecule has 7 heteroatoms. The molecular weight excluding hydrogens is 456 g/mol. The molecule has 1 aliphatic carbocycles. The summed E-state index contributed by atoms with van der Waals surface area (Å²) in [5.74, 6) is 0.618. The quantitative estimate of drug-likeness (QED) is 0.555. The van der Waals surface area contributed by atoms with Crippen molar-refractivity contribution in [3.05, 3.63) is 29.6 Å². The highest BCUT2D eigenvalue weighted by Gasteiger charge is 2.44. The number of carbonyl (C=O) groups is 2. The molecule has 7 atom stereocenters. The average molecular weight is 499 g/mol. The second kappa shape index (κ2) is 10.3. The summed E-state index contributed by atoms with van der Waals surface area (Å²) in [6.07, 6.45) is 2.12. The fraction of sp³-hybridized carbons (Fsp3) is 0.690. The monoisotopic (exact) mass is 498 g/mol. The van der Waals surface area contributed by atoms with Crippen molar-refractivity contribution < 1.29 is 24.5 Å². The minimum atomic E-state index is -1.20. The van der Waals surface area contributed by atoms with Gasteiger partial charge in [-0.2, -0.15) is 0 Å². The lowest BCUT2D eigenvalue weighted by atomic mass is 9.73. The number of fused-ring (bicyclic) bond motifs is 2. The van der Waals surface area contributed by atoms with Gasteiger partial charge >= 0.3 is 5.97 Å². The van der Waals surface area contributed by atoms with Gasteiger partial charge in [0.15, 0.2) is 0 Å². The van der Waals surface area contributed by atoms with Gasteiger partial charge in [-0.15, -0.1) is 0 Å². The molecule has 2 fully saturated rings. The number of imidazole rings is 1. The van der Waals surface area contributed by atoms with E-state index in [0.29, 0.717) is 11.8 Å². The first-order valence-electron chi connectivity index (χ1n) is 13.4. The summed E-state index contributed by atoms with van der Waals surface area (Å²) in [4.78, 5) is 30.9. The summed E-state index contributed by atoms with van der Waals surface area (Å²) in [5, 5.41) is 21.8. The molecule has 2 heterocycles. The van der Waals surface area contributed by atoms with E-state index in [-0.39, 0.29) is 18.1 Å². The number of benzene rings is 1. The van der Waals surface area contributed by atoms with Gasteiger partial charge in [-0.1, -0.05) is 46.6 Å². The van der Waals surface area contributed by atoms with E-state index < -0.39 is 35.6 Å². The minimum absolute atomic E-state index is 0.00623. The fourth-order valence-corrected chi connectivity index (χ4v) is 5.91. The van der Waals surface area contributed by atoms with Crippen LogP contribution in [0.5, 0.6) is 0 Å². The Morgan fingerprint density at radius 2 is 1.81 bits per heavy atom. The zero-order valence-electron chi connectivity index (χ0n) is 22.5. The Labute approximate surface area is 214 Å². The first kappa shape index (κ1) is 26.8. The third-order valence-electron chi connectivity index (χ3n) is 8.93. The smallest absolute Gasteiger partial charge is 0.309 e. The van der Waals surface area contributed by atoms with E-state index >= 15 is 0 Å². The second-order valence-corrected chi connectivity index (χ2v) is 11.9. The summed E-state index contributed by atoms with van der Waals surface area (Å²) >= 11 is 0. The van der Waals surface area contributed by atoms with Gasteiger partial charge in [0, 0.05) is 13.0 Å². The molecule has 0 bridgehead atoms. The highest BCUT2D eigenvalue weighted by molar-refractivity contribution is 5.88. The van der Waals surface area contributed by atoms with Crippen molar-refractivity contribution in [1.29, 1.82) is 0 Å². The van der Waals surface area contributed by atoms with Crippen molar-refractivity contribution in [3.8, 4) is 0 Å². The normalized spacial score (nSPS) is 34.3. The topological polar surface area (TPSA) is 102 Å². The lowest BCUT2D eigenvalue weighted by Gasteiger charge is -2.34. The first-order chi connectivity index (χ1) is 16.9. The van der Waals surface area contributed by atoms with Crippen LogP contribution in [0, 0.1) is 36.0 Å². The van der Waals surface area contributed by atoms with E-state index in [2.05, 4.69) is 4.98 Å².